The molecule has 2 amide bonds. The fraction of sp³-hybridized carbons (Fsp3) is 0.545. The highest BCUT2D eigenvalue weighted by Crippen LogP contribution is 2.22. The Balaban J connectivity index is 1.62. The third kappa shape index (κ3) is 5.81. The highest BCUT2D eigenvalue weighted by molar-refractivity contribution is 5.97. The van der Waals surface area contributed by atoms with E-state index in [1.807, 2.05) is 44.2 Å². The van der Waals surface area contributed by atoms with Crippen LogP contribution < -0.4 is 10.6 Å². The molecule has 2 saturated heterocycles. The summed E-state index contributed by atoms with van der Waals surface area (Å²) in [7, 11) is 0. The molecule has 1 aromatic carbocycles. The second-order valence-corrected chi connectivity index (χ2v) is 8.43. The zero-order valence-corrected chi connectivity index (χ0v) is 17.7. The van der Waals surface area contributed by atoms with Gasteiger partial charge in [0, 0.05) is 6.54 Å². The average Bonchev–Trinajstić information content (AvgIpc) is 3.41. The summed E-state index contributed by atoms with van der Waals surface area (Å²) in [6, 6.07) is 6.02. The maximum absolute atomic E-state index is 13.2. The number of carboxylic acids is 1. The molecule has 9 heteroatoms. The molecule has 0 saturated carbocycles. The Morgan fingerprint density at radius 3 is 2.52 bits per heavy atom. The third-order valence-corrected chi connectivity index (χ3v) is 5.49. The molecular formula is C22H29N3O6. The molecule has 0 unspecified atom stereocenters. The number of hydrogen-bond donors (Lipinski definition) is 3. The first kappa shape index (κ1) is 22.7. The van der Waals surface area contributed by atoms with E-state index in [9.17, 15) is 19.2 Å². The van der Waals surface area contributed by atoms with Crippen molar-refractivity contribution in [2.75, 3.05) is 6.54 Å². The summed E-state index contributed by atoms with van der Waals surface area (Å²) in [6.07, 6.45) is 1.56. The van der Waals surface area contributed by atoms with Crippen LogP contribution in [-0.2, 0) is 30.5 Å². The molecule has 2 heterocycles. The number of nitrogens with one attached hydrogen (secondary N) is 2. The summed E-state index contributed by atoms with van der Waals surface area (Å²) >= 11 is 0. The van der Waals surface area contributed by atoms with Gasteiger partial charge in [0.25, 0.3) is 0 Å². The molecule has 3 rings (SSSR count). The van der Waals surface area contributed by atoms with Gasteiger partial charge in [0.2, 0.25) is 11.8 Å². The van der Waals surface area contributed by atoms with Crippen molar-refractivity contribution in [1.82, 2.24) is 15.5 Å². The number of nitrogens with zero attached hydrogens (tertiary/aromatic N) is 1. The molecule has 0 spiro atoms. The fourth-order valence-corrected chi connectivity index (χ4v) is 3.83. The van der Waals surface area contributed by atoms with E-state index in [0.29, 0.717) is 25.8 Å². The molecule has 0 aromatic heterocycles. The van der Waals surface area contributed by atoms with Crippen molar-refractivity contribution in [3.8, 4) is 0 Å². The summed E-state index contributed by atoms with van der Waals surface area (Å²) in [5.41, 5.74) is 0.863. The molecule has 0 aliphatic carbocycles. The van der Waals surface area contributed by atoms with E-state index >= 15 is 0 Å². The van der Waals surface area contributed by atoms with Crippen molar-refractivity contribution in [3.05, 3.63) is 35.9 Å². The van der Waals surface area contributed by atoms with Gasteiger partial charge in [0.1, 0.15) is 30.8 Å². The van der Waals surface area contributed by atoms with E-state index in [-0.39, 0.29) is 18.4 Å². The number of benzene rings is 1. The normalized spacial score (nSPS) is 23.3. The molecule has 0 bridgehead atoms. The Kier molecular flexibility index (Phi) is 7.27. The number of rotatable bonds is 9. The molecular weight excluding hydrogens is 402 g/mol. The number of carbonyl (C=O) groups is 4. The van der Waals surface area contributed by atoms with Crippen molar-refractivity contribution >= 4 is 23.8 Å². The van der Waals surface area contributed by atoms with Crippen LogP contribution in [-0.4, -0.2) is 64.5 Å². The predicted molar refractivity (Wildman–Crippen MR) is 111 cm³/mol. The van der Waals surface area contributed by atoms with Gasteiger partial charge < -0.3 is 20.1 Å². The molecule has 2 aliphatic rings. The third-order valence-electron chi connectivity index (χ3n) is 5.49. The summed E-state index contributed by atoms with van der Waals surface area (Å²) < 4.78 is 5.43. The van der Waals surface area contributed by atoms with Crippen LogP contribution in [0.25, 0.3) is 0 Å². The molecule has 168 valence electrons. The molecule has 3 N–H and O–H groups in total. The second-order valence-electron chi connectivity index (χ2n) is 8.43. The van der Waals surface area contributed by atoms with Crippen LogP contribution in [0.3, 0.4) is 0 Å². The SMILES string of the molecule is CC(C)C[C@H](NC(=O)[C@H]1N[C@@H]1C(=O)O)C(=O)N1CCC[C@H]1C(=O)OCc1ccccc1. The minimum atomic E-state index is -1.10. The van der Waals surface area contributed by atoms with Crippen LogP contribution in [0, 0.1) is 5.92 Å². The van der Waals surface area contributed by atoms with Crippen molar-refractivity contribution < 1.29 is 29.0 Å². The Labute approximate surface area is 181 Å². The molecule has 31 heavy (non-hydrogen) atoms. The Hall–Kier alpha value is -2.94. The Bertz CT molecular complexity index is 828. The number of esters is 1. The summed E-state index contributed by atoms with van der Waals surface area (Å²) in [5, 5.41) is 14.3. The number of likely N-dealkylation sites (tertiary alicyclic amines) is 1. The molecule has 1 aromatic rings. The summed E-state index contributed by atoms with van der Waals surface area (Å²) in [5.74, 6) is -2.31. The first-order valence-corrected chi connectivity index (χ1v) is 10.6. The van der Waals surface area contributed by atoms with Gasteiger partial charge in [-0.2, -0.15) is 0 Å². The van der Waals surface area contributed by atoms with Crippen LogP contribution in [0.1, 0.15) is 38.7 Å². The monoisotopic (exact) mass is 431 g/mol. The average molecular weight is 431 g/mol. The quantitative estimate of drug-likeness (QED) is 0.386. The van der Waals surface area contributed by atoms with Gasteiger partial charge in [-0.15, -0.1) is 0 Å². The number of carboxylic acid groups (broad SMARTS) is 1. The number of carbonyl (C=O) groups excluding carboxylic acids is 3. The van der Waals surface area contributed by atoms with E-state index in [1.165, 1.54) is 4.90 Å². The topological polar surface area (TPSA) is 135 Å². The van der Waals surface area contributed by atoms with Crippen LogP contribution in [0.2, 0.25) is 0 Å². The Morgan fingerprint density at radius 2 is 1.90 bits per heavy atom. The zero-order chi connectivity index (χ0) is 22.5. The standard InChI is InChI=1S/C22H29N3O6/c1-13(2)11-15(23-19(26)17-18(24-17)21(28)29)20(27)25-10-6-9-16(25)22(30)31-12-14-7-4-3-5-8-14/h3-5,7-8,13,15-18,24H,6,9-12H2,1-2H3,(H,23,26)(H,28,29)/t15-,16-,17-,18-/m0/s1. The van der Waals surface area contributed by atoms with Crippen molar-refractivity contribution in [2.45, 2.75) is 63.9 Å². The van der Waals surface area contributed by atoms with Crippen molar-refractivity contribution in [1.29, 1.82) is 0 Å². The largest absolute Gasteiger partial charge is 0.480 e. The fourth-order valence-electron chi connectivity index (χ4n) is 3.83. The van der Waals surface area contributed by atoms with Crippen molar-refractivity contribution in [3.63, 3.8) is 0 Å². The molecule has 2 aliphatic heterocycles. The highest BCUT2D eigenvalue weighted by atomic mass is 16.5. The molecule has 2 fully saturated rings. The lowest BCUT2D eigenvalue weighted by molar-refractivity contribution is -0.155. The van der Waals surface area contributed by atoms with E-state index in [4.69, 9.17) is 9.84 Å². The van der Waals surface area contributed by atoms with Crippen LogP contribution in [0.15, 0.2) is 30.3 Å². The molecule has 4 atom stereocenters. The smallest absolute Gasteiger partial charge is 0.329 e. The maximum atomic E-state index is 13.2. The number of hydrogen-bond acceptors (Lipinski definition) is 6. The van der Waals surface area contributed by atoms with E-state index in [2.05, 4.69) is 10.6 Å². The minimum Gasteiger partial charge on any atom is -0.480 e. The summed E-state index contributed by atoms with van der Waals surface area (Å²) in [4.78, 5) is 50.8. The highest BCUT2D eigenvalue weighted by Gasteiger charge is 2.49. The Morgan fingerprint density at radius 1 is 1.19 bits per heavy atom. The van der Waals surface area contributed by atoms with Gasteiger partial charge in [0.15, 0.2) is 0 Å². The predicted octanol–water partition coefficient (Wildman–Crippen LogP) is 0.677. The van der Waals surface area contributed by atoms with Gasteiger partial charge in [-0.05, 0) is 30.7 Å². The first-order valence-electron chi connectivity index (χ1n) is 10.6. The minimum absolute atomic E-state index is 0.114. The molecule has 0 radical (unpaired) electrons. The lowest BCUT2D eigenvalue weighted by Gasteiger charge is -2.29. The number of amides is 2. The molecule has 9 nitrogen and oxygen atoms in total. The van der Waals surface area contributed by atoms with Crippen LogP contribution in [0.4, 0.5) is 0 Å². The van der Waals surface area contributed by atoms with E-state index in [0.717, 1.165) is 5.56 Å². The van der Waals surface area contributed by atoms with E-state index < -0.39 is 42.0 Å². The van der Waals surface area contributed by atoms with Crippen molar-refractivity contribution in [2.24, 2.45) is 5.92 Å². The van der Waals surface area contributed by atoms with Crippen LogP contribution >= 0.6 is 0 Å². The van der Waals surface area contributed by atoms with Gasteiger partial charge in [-0.3, -0.25) is 19.7 Å². The van der Waals surface area contributed by atoms with Gasteiger partial charge in [0.05, 0.1) is 0 Å². The van der Waals surface area contributed by atoms with Gasteiger partial charge >= 0.3 is 11.9 Å². The maximum Gasteiger partial charge on any atom is 0.329 e. The lowest BCUT2D eigenvalue weighted by Crippen LogP contribution is -2.53. The number of aliphatic carboxylic acids is 1. The second kappa shape index (κ2) is 9.91. The first-order chi connectivity index (χ1) is 14.8. The number of ether oxygens (including phenoxy) is 1. The van der Waals surface area contributed by atoms with Crippen LogP contribution in [0.5, 0.6) is 0 Å². The zero-order valence-electron chi connectivity index (χ0n) is 17.7. The lowest BCUT2D eigenvalue weighted by atomic mass is 10.0. The van der Waals surface area contributed by atoms with E-state index in [1.54, 1.807) is 0 Å². The van der Waals surface area contributed by atoms with Gasteiger partial charge in [-0.1, -0.05) is 44.2 Å². The summed E-state index contributed by atoms with van der Waals surface area (Å²) in [6.45, 7) is 4.40. The van der Waals surface area contributed by atoms with Gasteiger partial charge in [-0.25, -0.2) is 4.79 Å².